The van der Waals surface area contributed by atoms with Crippen LogP contribution in [0.2, 0.25) is 0 Å². The van der Waals surface area contributed by atoms with Crippen molar-refractivity contribution < 1.29 is 9.53 Å². The fraction of sp³-hybridized carbons (Fsp3) is 0.235. The van der Waals surface area contributed by atoms with E-state index in [2.05, 4.69) is 27.2 Å². The van der Waals surface area contributed by atoms with E-state index >= 15 is 0 Å². The number of aromatic nitrogens is 2. The molecule has 1 amide bonds. The number of rotatable bonds is 6. The minimum Gasteiger partial charge on any atom is -0.467 e. The molecular weight excluding hydrogens is 292 g/mol. The van der Waals surface area contributed by atoms with Gasteiger partial charge in [-0.2, -0.15) is 4.98 Å². The van der Waals surface area contributed by atoms with Crippen molar-refractivity contribution in [3.8, 4) is 6.01 Å². The van der Waals surface area contributed by atoms with Gasteiger partial charge in [0.25, 0.3) is 5.91 Å². The third-order valence-corrected chi connectivity index (χ3v) is 3.09. The average Bonchev–Trinajstić information content (AvgIpc) is 2.53. The molecule has 0 unspecified atom stereocenters. The molecule has 6 heteroatoms. The summed E-state index contributed by atoms with van der Waals surface area (Å²) in [5.41, 5.74) is 3.11. The summed E-state index contributed by atoms with van der Waals surface area (Å²) in [5.74, 6) is 0.522. The molecule has 1 aromatic heterocycles. The van der Waals surface area contributed by atoms with Gasteiger partial charge in [-0.15, -0.1) is 0 Å². The van der Waals surface area contributed by atoms with Crippen molar-refractivity contribution in [3.05, 3.63) is 53.7 Å². The molecule has 0 bridgehead atoms. The predicted molar refractivity (Wildman–Crippen MR) is 90.5 cm³/mol. The molecule has 0 saturated carbocycles. The second kappa shape index (κ2) is 7.40. The van der Waals surface area contributed by atoms with Crippen LogP contribution in [0.25, 0.3) is 0 Å². The molecule has 6 nitrogen and oxygen atoms in total. The minimum absolute atomic E-state index is 0.181. The molecule has 120 valence electrons. The van der Waals surface area contributed by atoms with Gasteiger partial charge in [0.1, 0.15) is 5.82 Å². The van der Waals surface area contributed by atoms with Crippen molar-refractivity contribution in [2.75, 3.05) is 17.7 Å². The summed E-state index contributed by atoms with van der Waals surface area (Å²) in [6, 6.07) is 9.76. The second-order valence-corrected chi connectivity index (χ2v) is 5.17. The van der Waals surface area contributed by atoms with Gasteiger partial charge in [0.05, 0.1) is 7.11 Å². The molecule has 2 rings (SSSR count). The first-order chi connectivity index (χ1) is 11.0. The summed E-state index contributed by atoms with van der Waals surface area (Å²) in [5, 5.41) is 5.99. The van der Waals surface area contributed by atoms with Crippen LogP contribution in [-0.2, 0) is 11.3 Å². The molecule has 0 aliphatic carbocycles. The van der Waals surface area contributed by atoms with Crippen LogP contribution in [0, 0.1) is 6.92 Å². The Hall–Kier alpha value is -2.89. The van der Waals surface area contributed by atoms with Crippen molar-refractivity contribution in [1.82, 2.24) is 9.97 Å². The topological polar surface area (TPSA) is 76.1 Å². The number of anilines is 2. The van der Waals surface area contributed by atoms with E-state index in [0.717, 1.165) is 16.9 Å². The van der Waals surface area contributed by atoms with E-state index in [9.17, 15) is 4.79 Å². The van der Waals surface area contributed by atoms with Crippen LogP contribution < -0.4 is 15.4 Å². The summed E-state index contributed by atoms with van der Waals surface area (Å²) in [6.45, 7) is 7.77. The maximum atomic E-state index is 11.6. The van der Waals surface area contributed by atoms with Crippen LogP contribution in [0.1, 0.15) is 18.2 Å². The van der Waals surface area contributed by atoms with Gasteiger partial charge >= 0.3 is 6.01 Å². The van der Waals surface area contributed by atoms with Crippen LogP contribution in [-0.4, -0.2) is 23.0 Å². The molecule has 2 N–H and O–H groups in total. The van der Waals surface area contributed by atoms with E-state index < -0.39 is 0 Å². The van der Waals surface area contributed by atoms with Gasteiger partial charge in [0, 0.05) is 29.6 Å². The van der Waals surface area contributed by atoms with Crippen molar-refractivity contribution in [2.45, 2.75) is 20.4 Å². The number of hydrogen-bond donors (Lipinski definition) is 2. The zero-order chi connectivity index (χ0) is 16.8. The smallest absolute Gasteiger partial charge is 0.318 e. The number of nitrogens with zero attached hydrogens (tertiary/aromatic N) is 2. The molecule has 1 aromatic carbocycles. The van der Waals surface area contributed by atoms with Crippen molar-refractivity contribution in [1.29, 1.82) is 0 Å². The maximum Gasteiger partial charge on any atom is 0.318 e. The first-order valence-electron chi connectivity index (χ1n) is 7.17. The summed E-state index contributed by atoms with van der Waals surface area (Å²) in [4.78, 5) is 19.9. The van der Waals surface area contributed by atoms with Gasteiger partial charge in [-0.25, -0.2) is 4.98 Å². The standard InChI is InChI=1S/C17H20N4O2/c1-11(2)16(22)20-14-7-5-13(6-8-14)10-18-15-9-12(3)19-17(21-15)23-4/h5-9H,1,10H2,2-4H3,(H,20,22)(H,18,19,21). The zero-order valence-electron chi connectivity index (χ0n) is 13.5. The van der Waals surface area contributed by atoms with E-state index in [-0.39, 0.29) is 5.91 Å². The Kier molecular flexibility index (Phi) is 5.30. The number of methoxy groups -OCH3 is 1. The van der Waals surface area contributed by atoms with E-state index in [1.807, 2.05) is 37.3 Å². The number of aryl methyl sites for hydroxylation is 1. The van der Waals surface area contributed by atoms with Crippen LogP contribution in [0.5, 0.6) is 6.01 Å². The van der Waals surface area contributed by atoms with Crippen LogP contribution in [0.15, 0.2) is 42.5 Å². The van der Waals surface area contributed by atoms with E-state index in [1.54, 1.807) is 6.92 Å². The number of amides is 1. The lowest BCUT2D eigenvalue weighted by atomic mass is 10.2. The lowest BCUT2D eigenvalue weighted by molar-refractivity contribution is -0.112. The molecule has 0 spiro atoms. The highest BCUT2D eigenvalue weighted by molar-refractivity contribution is 6.02. The number of carbonyl (C=O) groups is 1. The molecule has 0 aliphatic rings. The molecule has 23 heavy (non-hydrogen) atoms. The average molecular weight is 312 g/mol. The van der Waals surface area contributed by atoms with E-state index in [0.29, 0.717) is 23.9 Å². The Labute approximate surface area is 135 Å². The van der Waals surface area contributed by atoms with Gasteiger partial charge in [-0.05, 0) is 31.5 Å². The first kappa shape index (κ1) is 16.5. The largest absolute Gasteiger partial charge is 0.467 e. The normalized spacial score (nSPS) is 10.0. The lowest BCUT2D eigenvalue weighted by Crippen LogP contribution is -2.11. The summed E-state index contributed by atoms with van der Waals surface area (Å²) in [7, 11) is 1.54. The predicted octanol–water partition coefficient (Wildman–Crippen LogP) is 2.92. The summed E-state index contributed by atoms with van der Waals surface area (Å²) >= 11 is 0. The Morgan fingerprint density at radius 2 is 1.96 bits per heavy atom. The Morgan fingerprint density at radius 1 is 1.26 bits per heavy atom. The Morgan fingerprint density at radius 3 is 2.57 bits per heavy atom. The molecule has 0 saturated heterocycles. The molecule has 1 heterocycles. The lowest BCUT2D eigenvalue weighted by Gasteiger charge is -2.09. The minimum atomic E-state index is -0.181. The SMILES string of the molecule is C=C(C)C(=O)Nc1ccc(CNc2cc(C)nc(OC)n2)cc1. The molecule has 0 aliphatic heterocycles. The third kappa shape index (κ3) is 4.81. The zero-order valence-corrected chi connectivity index (χ0v) is 13.5. The monoisotopic (exact) mass is 312 g/mol. The molecule has 2 aromatic rings. The quantitative estimate of drug-likeness (QED) is 0.802. The highest BCUT2D eigenvalue weighted by atomic mass is 16.5. The number of carbonyl (C=O) groups excluding carboxylic acids is 1. The first-order valence-corrected chi connectivity index (χ1v) is 7.17. The number of ether oxygens (including phenoxy) is 1. The highest BCUT2D eigenvalue weighted by Crippen LogP contribution is 2.14. The highest BCUT2D eigenvalue weighted by Gasteiger charge is 2.04. The Bertz CT molecular complexity index is 711. The van der Waals surface area contributed by atoms with Gasteiger partial charge < -0.3 is 15.4 Å². The molecule has 0 radical (unpaired) electrons. The van der Waals surface area contributed by atoms with Crippen LogP contribution in [0.3, 0.4) is 0 Å². The van der Waals surface area contributed by atoms with Gasteiger partial charge in [0.2, 0.25) is 0 Å². The van der Waals surface area contributed by atoms with Crippen LogP contribution in [0.4, 0.5) is 11.5 Å². The van der Waals surface area contributed by atoms with E-state index in [4.69, 9.17) is 4.74 Å². The second-order valence-electron chi connectivity index (χ2n) is 5.17. The Balaban J connectivity index is 1.97. The number of benzene rings is 1. The summed E-state index contributed by atoms with van der Waals surface area (Å²) in [6.07, 6.45) is 0. The van der Waals surface area contributed by atoms with Crippen molar-refractivity contribution in [2.24, 2.45) is 0 Å². The fourth-order valence-electron chi connectivity index (χ4n) is 1.86. The van der Waals surface area contributed by atoms with E-state index in [1.165, 1.54) is 7.11 Å². The van der Waals surface area contributed by atoms with Crippen molar-refractivity contribution >= 4 is 17.4 Å². The van der Waals surface area contributed by atoms with Crippen molar-refractivity contribution in [3.63, 3.8) is 0 Å². The summed E-state index contributed by atoms with van der Waals surface area (Å²) < 4.78 is 5.05. The maximum absolute atomic E-state index is 11.6. The van der Waals surface area contributed by atoms with Crippen LogP contribution >= 0.6 is 0 Å². The molecule has 0 atom stereocenters. The third-order valence-electron chi connectivity index (χ3n) is 3.09. The number of nitrogens with one attached hydrogen (secondary N) is 2. The van der Waals surface area contributed by atoms with Gasteiger partial charge in [-0.1, -0.05) is 18.7 Å². The van der Waals surface area contributed by atoms with Gasteiger partial charge in [-0.3, -0.25) is 4.79 Å². The molecule has 0 fully saturated rings. The molecular formula is C17H20N4O2. The fourth-order valence-corrected chi connectivity index (χ4v) is 1.86. The van der Waals surface area contributed by atoms with Gasteiger partial charge in [0.15, 0.2) is 0 Å². The number of hydrogen-bond acceptors (Lipinski definition) is 5.